The van der Waals surface area contributed by atoms with Gasteiger partial charge >= 0.3 is 0 Å². The molecule has 4 rings (SSSR count). The van der Waals surface area contributed by atoms with E-state index in [1.165, 1.54) is 5.56 Å². The van der Waals surface area contributed by atoms with Gasteiger partial charge in [0.1, 0.15) is 0 Å². The predicted molar refractivity (Wildman–Crippen MR) is 102 cm³/mol. The number of benzene rings is 2. The normalized spacial score (nSPS) is 15.2. The minimum Gasteiger partial charge on any atom is -0.493 e. The first-order chi connectivity index (χ1) is 12.7. The Hall–Kier alpha value is -2.86. The van der Waals surface area contributed by atoms with Crippen molar-refractivity contribution in [3.8, 4) is 5.88 Å². The van der Waals surface area contributed by atoms with Crippen molar-refractivity contribution in [3.63, 3.8) is 0 Å². The molecule has 0 aliphatic carbocycles. The first kappa shape index (κ1) is 16.6. The van der Waals surface area contributed by atoms with Gasteiger partial charge in [0, 0.05) is 24.2 Å². The summed E-state index contributed by atoms with van der Waals surface area (Å²) in [5.41, 5.74) is 4.78. The van der Waals surface area contributed by atoms with Crippen molar-refractivity contribution in [2.24, 2.45) is 10.2 Å². The molecular formula is C20H22N4O2. The third kappa shape index (κ3) is 3.28. The number of fused-ring (bicyclic) bond motifs is 1. The second-order valence-corrected chi connectivity index (χ2v) is 6.48. The number of ether oxygens (including phenoxy) is 1. The molecule has 0 amide bonds. The Morgan fingerprint density at radius 1 is 1.15 bits per heavy atom. The smallest absolute Gasteiger partial charge is 0.218 e. The lowest BCUT2D eigenvalue weighted by atomic mass is 10.1. The summed E-state index contributed by atoms with van der Waals surface area (Å²) in [6.45, 7) is 5.78. The largest absolute Gasteiger partial charge is 0.493 e. The van der Waals surface area contributed by atoms with Gasteiger partial charge in [-0.1, -0.05) is 24.3 Å². The molecule has 3 aromatic rings. The minimum atomic E-state index is 0.0488. The summed E-state index contributed by atoms with van der Waals surface area (Å²) in [5.74, 6) is 0.0488. The van der Waals surface area contributed by atoms with Gasteiger partial charge in [-0.25, -0.2) is 0 Å². The Morgan fingerprint density at radius 2 is 1.96 bits per heavy atom. The van der Waals surface area contributed by atoms with Gasteiger partial charge in [0.05, 0.1) is 25.3 Å². The van der Waals surface area contributed by atoms with Crippen LogP contribution in [0.1, 0.15) is 11.1 Å². The highest BCUT2D eigenvalue weighted by atomic mass is 16.5. The van der Waals surface area contributed by atoms with Crippen molar-refractivity contribution in [1.29, 1.82) is 0 Å². The number of morpholine rings is 1. The third-order valence-electron chi connectivity index (χ3n) is 4.78. The van der Waals surface area contributed by atoms with Crippen LogP contribution in [0.3, 0.4) is 0 Å². The average Bonchev–Trinajstić information content (AvgIpc) is 2.98. The molecule has 2 N–H and O–H groups in total. The second-order valence-electron chi connectivity index (χ2n) is 6.48. The molecule has 2 heterocycles. The van der Waals surface area contributed by atoms with Gasteiger partial charge in [-0.3, -0.25) is 0 Å². The summed E-state index contributed by atoms with van der Waals surface area (Å²) >= 11 is 0. The topological polar surface area (TPSA) is 73.2 Å². The molecule has 0 radical (unpaired) electrons. The van der Waals surface area contributed by atoms with Crippen molar-refractivity contribution in [2.75, 3.05) is 31.2 Å². The summed E-state index contributed by atoms with van der Waals surface area (Å²) in [4.78, 5) is 5.29. The van der Waals surface area contributed by atoms with E-state index >= 15 is 0 Å². The van der Waals surface area contributed by atoms with Crippen LogP contribution in [0.5, 0.6) is 5.88 Å². The number of hydrogen-bond acceptors (Lipinski definition) is 5. The zero-order valence-electron chi connectivity index (χ0n) is 14.8. The highest BCUT2D eigenvalue weighted by molar-refractivity contribution is 5.95. The van der Waals surface area contributed by atoms with E-state index in [1.54, 1.807) is 0 Å². The monoisotopic (exact) mass is 350 g/mol. The first-order valence-electron chi connectivity index (χ1n) is 8.82. The summed E-state index contributed by atoms with van der Waals surface area (Å²) in [5, 5.41) is 19.7. The number of rotatable bonds is 4. The molecule has 0 atom stereocenters. The maximum Gasteiger partial charge on any atom is 0.218 e. The van der Waals surface area contributed by atoms with Crippen molar-refractivity contribution < 1.29 is 9.84 Å². The van der Waals surface area contributed by atoms with Crippen LogP contribution in [0.4, 0.5) is 11.4 Å². The molecule has 0 bridgehead atoms. The summed E-state index contributed by atoms with van der Waals surface area (Å²) in [6.07, 6.45) is 0. The number of anilines is 1. The molecular weight excluding hydrogens is 328 g/mol. The lowest BCUT2D eigenvalue weighted by molar-refractivity contribution is 0.122. The van der Waals surface area contributed by atoms with Crippen LogP contribution >= 0.6 is 0 Å². The zero-order chi connectivity index (χ0) is 17.9. The minimum absolute atomic E-state index is 0.0488. The summed E-state index contributed by atoms with van der Waals surface area (Å²) in [7, 11) is 0. The predicted octanol–water partition coefficient (Wildman–Crippen LogP) is 4.30. The first-order valence-corrected chi connectivity index (χ1v) is 8.82. The molecule has 1 aliphatic rings. The lowest BCUT2D eigenvalue weighted by Gasteiger charge is -2.28. The number of aromatic nitrogens is 1. The van der Waals surface area contributed by atoms with Crippen LogP contribution in [-0.4, -0.2) is 36.4 Å². The van der Waals surface area contributed by atoms with Crippen LogP contribution in [0.2, 0.25) is 0 Å². The molecule has 2 aromatic carbocycles. The molecule has 6 heteroatoms. The number of aromatic hydroxyl groups is 1. The van der Waals surface area contributed by atoms with Gasteiger partial charge in [-0.05, 0) is 36.2 Å². The van der Waals surface area contributed by atoms with Crippen LogP contribution in [-0.2, 0) is 11.3 Å². The maximum atomic E-state index is 10.2. The maximum absolute atomic E-state index is 10.2. The van der Waals surface area contributed by atoms with Crippen LogP contribution in [0.15, 0.2) is 52.7 Å². The molecule has 6 nitrogen and oxygen atoms in total. The molecule has 1 aliphatic heterocycles. The summed E-state index contributed by atoms with van der Waals surface area (Å²) in [6, 6.07) is 14.2. The van der Waals surface area contributed by atoms with E-state index < -0.39 is 0 Å². The number of H-pyrrole nitrogens is 1. The third-order valence-corrected chi connectivity index (χ3v) is 4.78. The van der Waals surface area contributed by atoms with Gasteiger partial charge in [-0.2, -0.15) is 5.11 Å². The molecule has 1 fully saturated rings. The van der Waals surface area contributed by atoms with Crippen molar-refractivity contribution in [3.05, 3.63) is 53.6 Å². The number of azo groups is 1. The zero-order valence-corrected chi connectivity index (χ0v) is 14.8. The Labute approximate surface area is 152 Å². The molecule has 0 saturated carbocycles. The van der Waals surface area contributed by atoms with Gasteiger partial charge in [0.15, 0.2) is 5.69 Å². The number of aromatic amines is 1. The average molecular weight is 350 g/mol. The molecule has 26 heavy (non-hydrogen) atoms. The second kappa shape index (κ2) is 7.17. The Morgan fingerprint density at radius 3 is 2.77 bits per heavy atom. The van der Waals surface area contributed by atoms with Crippen LogP contribution in [0, 0.1) is 6.92 Å². The highest BCUT2D eigenvalue weighted by Gasteiger charge is 2.15. The van der Waals surface area contributed by atoms with Crippen molar-refractivity contribution in [1.82, 2.24) is 4.98 Å². The fourth-order valence-electron chi connectivity index (χ4n) is 3.25. The van der Waals surface area contributed by atoms with Crippen molar-refractivity contribution in [2.45, 2.75) is 13.5 Å². The summed E-state index contributed by atoms with van der Waals surface area (Å²) < 4.78 is 5.40. The van der Waals surface area contributed by atoms with Crippen LogP contribution < -0.4 is 4.90 Å². The molecule has 134 valence electrons. The fraction of sp³-hybridized carbons (Fsp3) is 0.300. The number of nitrogens with zero attached hydrogens (tertiary/aromatic N) is 3. The molecule has 0 spiro atoms. The van der Waals surface area contributed by atoms with Gasteiger partial charge < -0.3 is 19.7 Å². The SMILES string of the molecule is Cc1ccccc1CN=Nc1c(O)[nH]c2cc(N3CCOCC3)ccc12. The standard InChI is InChI=1S/C20H22N4O2/c1-14-4-2-3-5-15(14)13-21-23-19-17-7-6-16(12-18(17)22-20(19)25)24-8-10-26-11-9-24/h2-7,12,22,25H,8-11,13H2,1H3. The van der Waals surface area contributed by atoms with E-state index in [9.17, 15) is 5.11 Å². The van der Waals surface area contributed by atoms with Crippen LogP contribution in [0.25, 0.3) is 10.9 Å². The molecule has 1 aromatic heterocycles. The van der Waals surface area contributed by atoms with E-state index in [0.29, 0.717) is 12.2 Å². The Balaban J connectivity index is 1.58. The van der Waals surface area contributed by atoms with E-state index in [2.05, 4.69) is 39.2 Å². The highest BCUT2D eigenvalue weighted by Crippen LogP contribution is 2.37. The van der Waals surface area contributed by atoms with Gasteiger partial charge in [-0.15, -0.1) is 5.11 Å². The van der Waals surface area contributed by atoms with E-state index in [0.717, 1.165) is 48.5 Å². The lowest BCUT2D eigenvalue weighted by Crippen LogP contribution is -2.36. The van der Waals surface area contributed by atoms with E-state index in [1.807, 2.05) is 30.3 Å². The van der Waals surface area contributed by atoms with Gasteiger partial charge in [0.2, 0.25) is 5.88 Å². The number of nitrogens with one attached hydrogen (secondary N) is 1. The number of aryl methyl sites for hydroxylation is 1. The molecule has 0 unspecified atom stereocenters. The van der Waals surface area contributed by atoms with E-state index in [4.69, 9.17) is 4.74 Å². The fourth-order valence-corrected chi connectivity index (χ4v) is 3.25. The quantitative estimate of drug-likeness (QED) is 0.689. The molecule has 1 saturated heterocycles. The van der Waals surface area contributed by atoms with Crippen molar-refractivity contribution >= 4 is 22.3 Å². The van der Waals surface area contributed by atoms with E-state index in [-0.39, 0.29) is 5.88 Å². The van der Waals surface area contributed by atoms with Gasteiger partial charge in [0.25, 0.3) is 0 Å². The Bertz CT molecular complexity index is 942. The number of hydrogen-bond donors (Lipinski definition) is 2. The Kier molecular flexibility index (Phi) is 4.58.